The predicted molar refractivity (Wildman–Crippen MR) is 85.7 cm³/mol. The topological polar surface area (TPSA) is 67.4 Å². The highest BCUT2D eigenvalue weighted by molar-refractivity contribution is 7.89. The van der Waals surface area contributed by atoms with Crippen LogP contribution in [0, 0.1) is 6.92 Å². The third-order valence-corrected chi connectivity index (χ3v) is 4.72. The van der Waals surface area contributed by atoms with Gasteiger partial charge >= 0.3 is 0 Å². The van der Waals surface area contributed by atoms with Gasteiger partial charge < -0.3 is 10.1 Å². The second kappa shape index (κ2) is 7.79. The van der Waals surface area contributed by atoms with Crippen molar-refractivity contribution in [3.8, 4) is 5.75 Å². The van der Waals surface area contributed by atoms with Gasteiger partial charge in [-0.3, -0.25) is 0 Å². The number of hydrogen-bond acceptors (Lipinski definition) is 4. The van der Waals surface area contributed by atoms with E-state index in [1.54, 1.807) is 25.3 Å². The quantitative estimate of drug-likeness (QED) is 0.804. The van der Waals surface area contributed by atoms with Crippen LogP contribution in [0.1, 0.15) is 12.0 Å². The summed E-state index contributed by atoms with van der Waals surface area (Å²) in [6.45, 7) is 3.90. The summed E-state index contributed by atoms with van der Waals surface area (Å²) in [6, 6.07) is 4.86. The Morgan fingerprint density at radius 3 is 2.71 bits per heavy atom. The molecular weight excluding hydrogens is 312 g/mol. The molecule has 2 rings (SSSR count). The summed E-state index contributed by atoms with van der Waals surface area (Å²) >= 11 is 0. The Kier molecular flexibility index (Phi) is 6.67. The highest BCUT2D eigenvalue weighted by Crippen LogP contribution is 2.21. The molecule has 118 valence electrons. The van der Waals surface area contributed by atoms with Crippen molar-refractivity contribution >= 4 is 22.4 Å². The maximum atomic E-state index is 12.2. The standard InChI is InChI=1S/C14H20N2O3S.ClH/c1-11-9-13(3-4-14(11)19-2)20(17,18)16-10-12-5-7-15-8-6-12;/h3-5,9,15-16H,6-8,10H2,1-2H3;1H. The van der Waals surface area contributed by atoms with Crippen molar-refractivity contribution in [2.24, 2.45) is 0 Å². The molecule has 0 aliphatic carbocycles. The zero-order chi connectivity index (χ0) is 14.6. The number of sulfonamides is 1. The van der Waals surface area contributed by atoms with Gasteiger partial charge in [-0.1, -0.05) is 11.6 Å². The number of rotatable bonds is 5. The number of aryl methyl sites for hydroxylation is 1. The van der Waals surface area contributed by atoms with Crippen LogP contribution >= 0.6 is 12.4 Å². The van der Waals surface area contributed by atoms with Gasteiger partial charge in [0, 0.05) is 13.1 Å². The Labute approximate surface area is 132 Å². The van der Waals surface area contributed by atoms with Crippen LogP contribution in [0.3, 0.4) is 0 Å². The van der Waals surface area contributed by atoms with Gasteiger partial charge in [-0.05, 0) is 43.7 Å². The van der Waals surface area contributed by atoms with E-state index in [0.29, 0.717) is 12.3 Å². The first-order valence-corrected chi connectivity index (χ1v) is 8.04. The second-order valence-corrected chi connectivity index (χ2v) is 6.54. The zero-order valence-electron chi connectivity index (χ0n) is 12.2. The summed E-state index contributed by atoms with van der Waals surface area (Å²) in [7, 11) is -1.91. The fraction of sp³-hybridized carbons (Fsp3) is 0.429. The Balaban J connectivity index is 0.00000220. The first kappa shape index (κ1) is 18.0. The minimum Gasteiger partial charge on any atom is -0.496 e. The molecule has 0 aromatic heterocycles. The highest BCUT2D eigenvalue weighted by Gasteiger charge is 2.16. The Morgan fingerprint density at radius 1 is 1.38 bits per heavy atom. The molecule has 0 saturated carbocycles. The molecule has 1 heterocycles. The molecule has 0 unspecified atom stereocenters. The normalized spacial score (nSPS) is 15.0. The SMILES string of the molecule is COc1ccc(S(=O)(=O)NCC2=CCNCC2)cc1C.Cl. The van der Waals surface area contributed by atoms with Crippen LogP contribution in [0.15, 0.2) is 34.7 Å². The van der Waals surface area contributed by atoms with Gasteiger partial charge in [-0.2, -0.15) is 0 Å². The minimum absolute atomic E-state index is 0. The lowest BCUT2D eigenvalue weighted by Crippen LogP contribution is -2.29. The van der Waals surface area contributed by atoms with Crippen molar-refractivity contribution in [3.63, 3.8) is 0 Å². The maximum Gasteiger partial charge on any atom is 0.240 e. The van der Waals surface area contributed by atoms with E-state index < -0.39 is 10.0 Å². The summed E-state index contributed by atoms with van der Waals surface area (Å²) in [4.78, 5) is 0.269. The van der Waals surface area contributed by atoms with Crippen molar-refractivity contribution < 1.29 is 13.2 Å². The summed E-state index contributed by atoms with van der Waals surface area (Å²) in [5.41, 5.74) is 1.93. The van der Waals surface area contributed by atoms with Crippen LogP contribution < -0.4 is 14.8 Å². The third kappa shape index (κ3) is 4.71. The van der Waals surface area contributed by atoms with E-state index in [9.17, 15) is 8.42 Å². The van der Waals surface area contributed by atoms with Crippen LogP contribution in [-0.2, 0) is 10.0 Å². The maximum absolute atomic E-state index is 12.2. The van der Waals surface area contributed by atoms with Crippen LogP contribution in [0.4, 0.5) is 0 Å². The molecule has 0 radical (unpaired) electrons. The fourth-order valence-electron chi connectivity index (χ4n) is 2.12. The van der Waals surface area contributed by atoms with Crippen molar-refractivity contribution in [2.75, 3.05) is 26.7 Å². The number of nitrogens with one attached hydrogen (secondary N) is 2. The number of ether oxygens (including phenoxy) is 1. The van der Waals surface area contributed by atoms with Gasteiger partial charge in [0.2, 0.25) is 10.0 Å². The number of hydrogen-bond donors (Lipinski definition) is 2. The lowest BCUT2D eigenvalue weighted by Gasteiger charge is -2.15. The molecule has 0 atom stereocenters. The molecular formula is C14H21ClN2O3S. The average molecular weight is 333 g/mol. The number of methoxy groups -OCH3 is 1. The third-order valence-electron chi connectivity index (χ3n) is 3.32. The second-order valence-electron chi connectivity index (χ2n) is 4.77. The molecule has 0 saturated heterocycles. The molecule has 1 aromatic carbocycles. The smallest absolute Gasteiger partial charge is 0.240 e. The van der Waals surface area contributed by atoms with Crippen LogP contribution in [0.25, 0.3) is 0 Å². The van der Waals surface area contributed by atoms with E-state index in [0.717, 1.165) is 30.6 Å². The first-order valence-electron chi connectivity index (χ1n) is 6.56. The van der Waals surface area contributed by atoms with Gasteiger partial charge in [0.25, 0.3) is 0 Å². The molecule has 2 N–H and O–H groups in total. The molecule has 0 bridgehead atoms. The van der Waals surface area contributed by atoms with Gasteiger partial charge in [0.15, 0.2) is 0 Å². The summed E-state index contributed by atoms with van der Waals surface area (Å²) in [6.07, 6.45) is 2.91. The van der Waals surface area contributed by atoms with E-state index in [1.165, 1.54) is 0 Å². The van der Waals surface area contributed by atoms with Crippen LogP contribution in [0.5, 0.6) is 5.75 Å². The van der Waals surface area contributed by atoms with Crippen molar-refractivity contribution in [3.05, 3.63) is 35.4 Å². The molecule has 21 heavy (non-hydrogen) atoms. The molecule has 1 aromatic rings. The Bertz CT molecular complexity index is 615. The van der Waals surface area contributed by atoms with Crippen LogP contribution in [-0.4, -0.2) is 35.2 Å². The number of benzene rings is 1. The largest absolute Gasteiger partial charge is 0.496 e. The molecule has 0 amide bonds. The molecule has 1 aliphatic rings. The van der Waals surface area contributed by atoms with Gasteiger partial charge in [0.1, 0.15) is 5.75 Å². The van der Waals surface area contributed by atoms with Crippen LogP contribution in [0.2, 0.25) is 0 Å². The lowest BCUT2D eigenvalue weighted by atomic mass is 10.1. The summed E-state index contributed by atoms with van der Waals surface area (Å²) in [5, 5.41) is 3.20. The molecule has 0 fully saturated rings. The van der Waals surface area contributed by atoms with E-state index in [-0.39, 0.29) is 17.3 Å². The predicted octanol–water partition coefficient (Wildman–Crippen LogP) is 1.62. The Morgan fingerprint density at radius 2 is 2.14 bits per heavy atom. The van der Waals surface area contributed by atoms with E-state index in [4.69, 9.17) is 4.74 Å². The van der Waals surface area contributed by atoms with Crippen molar-refractivity contribution in [2.45, 2.75) is 18.2 Å². The molecule has 0 spiro atoms. The first-order chi connectivity index (χ1) is 9.53. The lowest BCUT2D eigenvalue weighted by molar-refractivity contribution is 0.411. The van der Waals surface area contributed by atoms with Gasteiger partial charge in [-0.15, -0.1) is 12.4 Å². The molecule has 5 nitrogen and oxygen atoms in total. The minimum atomic E-state index is -3.47. The zero-order valence-corrected chi connectivity index (χ0v) is 13.8. The average Bonchev–Trinajstić information content (AvgIpc) is 2.46. The molecule has 1 aliphatic heterocycles. The summed E-state index contributed by atoms with van der Waals surface area (Å²) in [5.74, 6) is 0.685. The van der Waals surface area contributed by atoms with E-state index >= 15 is 0 Å². The van der Waals surface area contributed by atoms with E-state index in [2.05, 4.69) is 10.0 Å². The van der Waals surface area contributed by atoms with Gasteiger partial charge in [0.05, 0.1) is 12.0 Å². The Hall–Kier alpha value is -1.08. The van der Waals surface area contributed by atoms with Crippen molar-refractivity contribution in [1.29, 1.82) is 0 Å². The monoisotopic (exact) mass is 332 g/mol. The number of halogens is 1. The summed E-state index contributed by atoms with van der Waals surface area (Å²) < 4.78 is 32.2. The van der Waals surface area contributed by atoms with E-state index in [1.807, 2.05) is 13.0 Å². The van der Waals surface area contributed by atoms with Crippen molar-refractivity contribution in [1.82, 2.24) is 10.0 Å². The van der Waals surface area contributed by atoms with Gasteiger partial charge in [-0.25, -0.2) is 13.1 Å². The molecule has 7 heteroatoms. The fourth-order valence-corrected chi connectivity index (χ4v) is 3.24. The highest BCUT2D eigenvalue weighted by atomic mass is 35.5.